The fraction of sp³-hybridized carbons (Fsp3) is 0.333. The predicted molar refractivity (Wildman–Crippen MR) is 162 cm³/mol. The van der Waals surface area contributed by atoms with Crippen molar-refractivity contribution in [2.24, 2.45) is 0 Å². The van der Waals surface area contributed by atoms with Gasteiger partial charge in [-0.1, -0.05) is 18.1 Å². The number of halogens is 4. The summed E-state index contributed by atoms with van der Waals surface area (Å²) in [6, 6.07) is 10.5. The lowest BCUT2D eigenvalue weighted by Crippen LogP contribution is -2.44. The van der Waals surface area contributed by atoms with Crippen LogP contribution in [0.5, 0.6) is 0 Å². The first-order valence-electron chi connectivity index (χ1n) is 13.5. The molecule has 5 rings (SSSR count). The molecule has 0 aliphatic carbocycles. The largest absolute Gasteiger partial charge is 0.416 e. The lowest BCUT2D eigenvalue weighted by molar-refractivity contribution is -0.138. The first-order chi connectivity index (χ1) is 20.0. The molecule has 3 N–H and O–H groups in total. The van der Waals surface area contributed by atoms with Crippen LogP contribution < -0.4 is 11.1 Å². The van der Waals surface area contributed by atoms with Crippen LogP contribution in [0.1, 0.15) is 52.6 Å². The van der Waals surface area contributed by atoms with Crippen molar-refractivity contribution >= 4 is 40.9 Å². The maximum absolute atomic E-state index is 14.0. The molecule has 2 aromatic carbocycles. The summed E-state index contributed by atoms with van der Waals surface area (Å²) in [7, 11) is 1.99. The van der Waals surface area contributed by atoms with Crippen molar-refractivity contribution in [2.45, 2.75) is 32.6 Å². The fourth-order valence-electron chi connectivity index (χ4n) is 4.82. The summed E-state index contributed by atoms with van der Waals surface area (Å²) in [6.07, 6.45) is -3.18. The van der Waals surface area contributed by atoms with Crippen LogP contribution in [-0.2, 0) is 12.7 Å². The Labute approximate surface area is 253 Å². The van der Waals surface area contributed by atoms with Gasteiger partial charge >= 0.3 is 6.18 Å². The molecule has 1 aliphatic rings. The molecule has 1 saturated heterocycles. The second kappa shape index (κ2) is 13.0. The standard InChI is InChI=1S/C30H31F3N8O.ClH/c1-19(2)41-28-26(27(34)35-18-36-28)25(38-41)10-7-20-5-4-6-21(15-20)29(42)37-23-9-8-22(24(16-23)30(31,32)33)17-40-13-11-39(3)12-14-40;/h4-6,8-9,15-16,18-19H,11-14,17H2,1-3H3,(H,37,42)(H2,34,35,36);1H. The Hall–Kier alpha value is -4.18. The number of anilines is 2. The lowest BCUT2D eigenvalue weighted by atomic mass is 10.0. The van der Waals surface area contributed by atoms with E-state index in [1.165, 1.54) is 18.5 Å². The van der Waals surface area contributed by atoms with E-state index < -0.39 is 17.6 Å². The Morgan fingerprint density at radius 2 is 1.81 bits per heavy atom. The van der Waals surface area contributed by atoms with Gasteiger partial charge in [-0.05, 0) is 62.7 Å². The van der Waals surface area contributed by atoms with E-state index in [0.29, 0.717) is 35.4 Å². The Morgan fingerprint density at radius 3 is 2.51 bits per heavy atom. The van der Waals surface area contributed by atoms with Gasteiger partial charge in [-0.25, -0.2) is 14.6 Å². The van der Waals surface area contributed by atoms with E-state index in [2.05, 4.69) is 37.1 Å². The highest BCUT2D eigenvalue weighted by Crippen LogP contribution is 2.35. The van der Waals surface area contributed by atoms with Crippen LogP contribution in [-0.4, -0.2) is 68.7 Å². The van der Waals surface area contributed by atoms with Gasteiger partial charge in [0.05, 0.1) is 10.9 Å². The van der Waals surface area contributed by atoms with Gasteiger partial charge in [0.1, 0.15) is 17.8 Å². The molecule has 2 aromatic heterocycles. The second-order valence-electron chi connectivity index (χ2n) is 10.6. The maximum Gasteiger partial charge on any atom is 0.416 e. The van der Waals surface area contributed by atoms with Gasteiger partial charge in [-0.15, -0.1) is 12.4 Å². The minimum Gasteiger partial charge on any atom is -0.383 e. The lowest BCUT2D eigenvalue weighted by Gasteiger charge is -2.33. The first-order valence-corrected chi connectivity index (χ1v) is 13.5. The maximum atomic E-state index is 14.0. The molecule has 9 nitrogen and oxygen atoms in total. The quantitative estimate of drug-likeness (QED) is 0.311. The molecule has 0 unspecified atom stereocenters. The van der Waals surface area contributed by atoms with E-state index >= 15 is 0 Å². The number of amides is 1. The number of nitrogens with two attached hydrogens (primary N) is 1. The molecule has 13 heteroatoms. The van der Waals surface area contributed by atoms with Gasteiger partial charge in [-0.3, -0.25) is 9.69 Å². The third kappa shape index (κ3) is 7.25. The number of likely N-dealkylation sites (N-methyl/N-ethyl adjacent to an activating group) is 1. The molecule has 4 aromatic rings. The van der Waals surface area contributed by atoms with Crippen LogP contribution in [0, 0.1) is 11.8 Å². The van der Waals surface area contributed by atoms with Crippen molar-refractivity contribution < 1.29 is 18.0 Å². The number of aromatic nitrogens is 4. The summed E-state index contributed by atoms with van der Waals surface area (Å²) >= 11 is 0. The average molecular weight is 613 g/mol. The van der Waals surface area contributed by atoms with E-state index in [4.69, 9.17) is 5.73 Å². The van der Waals surface area contributed by atoms with Crippen molar-refractivity contribution in [1.29, 1.82) is 0 Å². The molecule has 0 spiro atoms. The molecular weight excluding hydrogens is 581 g/mol. The molecule has 0 bridgehead atoms. The van der Waals surface area contributed by atoms with E-state index in [9.17, 15) is 18.0 Å². The zero-order valence-corrected chi connectivity index (χ0v) is 24.8. The number of hydrogen-bond donors (Lipinski definition) is 2. The molecular formula is C30H32ClF3N8O. The van der Waals surface area contributed by atoms with Crippen molar-refractivity contribution in [3.63, 3.8) is 0 Å². The Bertz CT molecular complexity index is 1680. The number of hydrogen-bond acceptors (Lipinski definition) is 7. The summed E-state index contributed by atoms with van der Waals surface area (Å²) in [4.78, 5) is 25.5. The molecule has 1 aliphatic heterocycles. The van der Waals surface area contributed by atoms with Crippen molar-refractivity contribution in [2.75, 3.05) is 44.3 Å². The summed E-state index contributed by atoms with van der Waals surface area (Å²) in [5.74, 6) is 5.70. The zero-order valence-electron chi connectivity index (χ0n) is 23.9. The smallest absolute Gasteiger partial charge is 0.383 e. The van der Waals surface area contributed by atoms with E-state index in [0.717, 1.165) is 19.2 Å². The molecule has 43 heavy (non-hydrogen) atoms. The van der Waals surface area contributed by atoms with Crippen LogP contribution in [0.15, 0.2) is 48.8 Å². The summed E-state index contributed by atoms with van der Waals surface area (Å²) in [6.45, 7) is 7.12. The minimum absolute atomic E-state index is 0. The Kier molecular flexibility index (Phi) is 9.59. The normalized spacial score (nSPS) is 14.3. The molecule has 0 atom stereocenters. The molecule has 1 fully saturated rings. The molecule has 1 amide bonds. The van der Waals surface area contributed by atoms with Gasteiger partial charge in [0.15, 0.2) is 5.65 Å². The highest BCUT2D eigenvalue weighted by atomic mass is 35.5. The van der Waals surface area contributed by atoms with Crippen LogP contribution in [0.4, 0.5) is 24.7 Å². The Balaban J connectivity index is 0.00000423. The van der Waals surface area contributed by atoms with Crippen molar-refractivity contribution in [3.8, 4) is 11.8 Å². The highest BCUT2D eigenvalue weighted by molar-refractivity contribution is 6.04. The fourth-order valence-corrected chi connectivity index (χ4v) is 4.82. The molecule has 226 valence electrons. The van der Waals surface area contributed by atoms with Crippen LogP contribution in [0.2, 0.25) is 0 Å². The van der Waals surface area contributed by atoms with Gasteiger partial charge in [-0.2, -0.15) is 18.3 Å². The van der Waals surface area contributed by atoms with Gasteiger partial charge in [0, 0.05) is 55.6 Å². The van der Waals surface area contributed by atoms with Crippen LogP contribution >= 0.6 is 12.4 Å². The number of alkyl halides is 3. The number of rotatable bonds is 5. The monoisotopic (exact) mass is 612 g/mol. The minimum atomic E-state index is -4.56. The van der Waals surface area contributed by atoms with E-state index in [1.54, 1.807) is 28.9 Å². The number of piperazine rings is 1. The predicted octanol–water partition coefficient (Wildman–Crippen LogP) is 4.83. The molecule has 0 radical (unpaired) electrons. The van der Waals surface area contributed by atoms with Crippen molar-refractivity contribution in [1.82, 2.24) is 29.5 Å². The summed E-state index contributed by atoms with van der Waals surface area (Å²) < 4.78 is 43.6. The number of carbonyl (C=O) groups excluding carboxylic acids is 1. The number of nitrogens with one attached hydrogen (secondary N) is 1. The zero-order chi connectivity index (χ0) is 30.0. The Morgan fingerprint density at radius 1 is 1.07 bits per heavy atom. The third-order valence-corrected chi connectivity index (χ3v) is 7.12. The molecule has 3 heterocycles. The topological polar surface area (TPSA) is 105 Å². The average Bonchev–Trinajstić information content (AvgIpc) is 3.34. The van der Waals surface area contributed by atoms with E-state index in [-0.39, 0.29) is 47.6 Å². The number of nitrogens with zero attached hydrogens (tertiary/aromatic N) is 6. The van der Waals surface area contributed by atoms with Gasteiger partial charge in [0.2, 0.25) is 0 Å². The highest BCUT2D eigenvalue weighted by Gasteiger charge is 2.34. The second-order valence-corrected chi connectivity index (χ2v) is 10.6. The SMILES string of the molecule is CC(C)n1nc(C#Cc2cccc(C(=O)Nc3ccc(CN4CCN(C)CC4)c(C(F)(F)F)c3)c2)c2c(N)ncnc21.Cl. The number of carbonyl (C=O) groups is 1. The number of fused-ring (bicyclic) bond motifs is 1. The number of benzene rings is 2. The van der Waals surface area contributed by atoms with Gasteiger partial charge in [0.25, 0.3) is 5.91 Å². The molecule has 0 saturated carbocycles. The van der Waals surface area contributed by atoms with E-state index in [1.807, 2.05) is 25.8 Å². The third-order valence-electron chi connectivity index (χ3n) is 7.12. The first kappa shape index (κ1) is 31.7. The van der Waals surface area contributed by atoms with Gasteiger partial charge < -0.3 is 16.0 Å². The van der Waals surface area contributed by atoms with Crippen LogP contribution in [0.25, 0.3) is 11.0 Å². The summed E-state index contributed by atoms with van der Waals surface area (Å²) in [5.41, 5.74) is 7.31. The van der Waals surface area contributed by atoms with Crippen molar-refractivity contribution in [3.05, 3.63) is 76.7 Å². The number of nitrogen functional groups attached to an aromatic ring is 1. The van der Waals surface area contributed by atoms with Crippen LogP contribution in [0.3, 0.4) is 0 Å². The summed E-state index contributed by atoms with van der Waals surface area (Å²) in [5, 5.41) is 7.68.